The maximum absolute atomic E-state index is 11.9. The van der Waals surface area contributed by atoms with Crippen LogP contribution in [-0.2, 0) is 4.79 Å². The van der Waals surface area contributed by atoms with Crippen molar-refractivity contribution in [3.8, 4) is 0 Å². The fourth-order valence-electron chi connectivity index (χ4n) is 5.80. The third-order valence-corrected chi connectivity index (χ3v) is 8.03. The Bertz CT molecular complexity index is 1190. The van der Waals surface area contributed by atoms with Crippen LogP contribution in [0.1, 0.15) is 50.5 Å². The molecule has 0 unspecified atom stereocenters. The van der Waals surface area contributed by atoms with Crippen LogP contribution in [0.2, 0.25) is 0 Å². The summed E-state index contributed by atoms with van der Waals surface area (Å²) in [7, 11) is 0. The van der Waals surface area contributed by atoms with E-state index in [2.05, 4.69) is 46.1 Å². The lowest BCUT2D eigenvalue weighted by Crippen LogP contribution is -2.53. The van der Waals surface area contributed by atoms with Gasteiger partial charge in [-0.3, -0.25) is 9.69 Å². The number of aromatic nitrogens is 1. The Morgan fingerprint density at radius 2 is 2.00 bits per heavy atom. The summed E-state index contributed by atoms with van der Waals surface area (Å²) in [6.07, 6.45) is 14.8. The molecule has 1 amide bonds. The highest BCUT2D eigenvalue weighted by Gasteiger charge is 2.30. The lowest BCUT2D eigenvalue weighted by molar-refractivity contribution is -0.127. The van der Waals surface area contributed by atoms with Crippen LogP contribution in [0.25, 0.3) is 16.5 Å². The number of hydrogen-bond donors (Lipinski definition) is 2. The Hall–Kier alpha value is -2.83. The summed E-state index contributed by atoms with van der Waals surface area (Å²) < 4.78 is 0. The van der Waals surface area contributed by atoms with Gasteiger partial charge in [0.15, 0.2) is 0 Å². The van der Waals surface area contributed by atoms with Gasteiger partial charge in [0.25, 0.3) is 0 Å². The topological polar surface area (TPSA) is 63.7 Å². The van der Waals surface area contributed by atoms with Crippen molar-refractivity contribution in [2.45, 2.75) is 57.0 Å². The molecule has 2 fully saturated rings. The molecule has 7 heteroatoms. The summed E-state index contributed by atoms with van der Waals surface area (Å²) in [5, 5.41) is 5.61. The summed E-state index contributed by atoms with van der Waals surface area (Å²) >= 11 is 6.80. The molecule has 0 bridgehead atoms. The van der Waals surface area contributed by atoms with E-state index in [0.29, 0.717) is 17.1 Å². The Morgan fingerprint density at radius 3 is 2.83 bits per heavy atom. The summed E-state index contributed by atoms with van der Waals surface area (Å²) in [6.45, 7) is 7.43. The molecule has 2 saturated heterocycles. The number of amidine groups is 1. The van der Waals surface area contributed by atoms with Crippen LogP contribution >= 0.6 is 11.6 Å². The van der Waals surface area contributed by atoms with Gasteiger partial charge in [0.1, 0.15) is 5.84 Å². The van der Waals surface area contributed by atoms with Crippen molar-refractivity contribution >= 4 is 39.8 Å². The fourth-order valence-corrected chi connectivity index (χ4v) is 6.02. The molecule has 0 radical (unpaired) electrons. The first-order valence-corrected chi connectivity index (χ1v) is 13.6. The first kappa shape index (κ1) is 24.8. The summed E-state index contributed by atoms with van der Waals surface area (Å²) in [4.78, 5) is 24.6. The van der Waals surface area contributed by atoms with Crippen molar-refractivity contribution in [3.63, 3.8) is 0 Å². The highest BCUT2D eigenvalue weighted by atomic mass is 35.5. The smallest absolute Gasteiger partial charge is 0.245 e. The molecule has 0 aliphatic carbocycles. The van der Waals surface area contributed by atoms with Crippen LogP contribution in [0.3, 0.4) is 0 Å². The first-order chi connectivity index (χ1) is 17.6. The molecule has 2 aromatic rings. The van der Waals surface area contributed by atoms with Gasteiger partial charge in [-0.05, 0) is 57.2 Å². The molecule has 1 atom stereocenters. The summed E-state index contributed by atoms with van der Waals surface area (Å²) in [5.41, 5.74) is 3.29. The van der Waals surface area contributed by atoms with Crippen molar-refractivity contribution in [1.29, 1.82) is 0 Å². The average molecular weight is 506 g/mol. The monoisotopic (exact) mass is 505 g/mol. The molecule has 2 N–H and O–H groups in total. The van der Waals surface area contributed by atoms with Crippen molar-refractivity contribution in [1.82, 2.24) is 20.1 Å². The van der Waals surface area contributed by atoms with Crippen LogP contribution in [0, 0.1) is 0 Å². The van der Waals surface area contributed by atoms with Gasteiger partial charge in [-0.25, -0.2) is 4.99 Å². The average Bonchev–Trinajstić information content (AvgIpc) is 3.37. The second kappa shape index (κ2) is 11.5. The third kappa shape index (κ3) is 5.60. The summed E-state index contributed by atoms with van der Waals surface area (Å²) in [6, 6.07) is 9.25. The Kier molecular flexibility index (Phi) is 7.93. The van der Waals surface area contributed by atoms with E-state index in [1.54, 1.807) is 0 Å². The molecule has 0 spiro atoms. The van der Waals surface area contributed by atoms with E-state index >= 15 is 0 Å². The molecule has 3 aliphatic heterocycles. The zero-order valence-corrected chi connectivity index (χ0v) is 21.6. The second-order valence-electron chi connectivity index (χ2n) is 10.0. The second-order valence-corrected chi connectivity index (χ2v) is 10.5. The first-order valence-electron chi connectivity index (χ1n) is 13.2. The van der Waals surface area contributed by atoms with Gasteiger partial charge in [-0.15, -0.1) is 0 Å². The standard InChI is InChI=1S/C29H36ClN5O/c1-2-29(36)34-16-13-22(14-17-34)35-15-7-8-21(20-35)33-28-12-6-4-9-23(26(30)19-32-28)25-18-31-27-11-5-3-10-24(25)27/h2-3,5,9-11,18-19,21-22,31H,1,4,6-8,12-17,20H2,(H,32,33)/b23-9-,26-19+/t21-/m1/s1. The largest absolute Gasteiger partial charge is 0.370 e. The van der Waals surface area contributed by atoms with Gasteiger partial charge in [0.05, 0.1) is 5.03 Å². The van der Waals surface area contributed by atoms with Crippen LogP contribution < -0.4 is 5.32 Å². The van der Waals surface area contributed by atoms with Crippen molar-refractivity contribution in [2.24, 2.45) is 4.99 Å². The number of piperidine rings is 2. The van der Waals surface area contributed by atoms with Crippen LogP contribution in [-0.4, -0.2) is 64.8 Å². The predicted molar refractivity (Wildman–Crippen MR) is 149 cm³/mol. The number of aliphatic imine (C=N–C) groups is 1. The minimum absolute atomic E-state index is 0.0545. The SMILES string of the molecule is C=CC(=O)N1CCC(N2CCC[C@@H](N/C3=N/C=C(Cl)\C(c4c[nH]c5ccccc45)=C/CCC3)C2)CC1. The van der Waals surface area contributed by atoms with Crippen molar-refractivity contribution < 1.29 is 4.79 Å². The Morgan fingerprint density at radius 1 is 1.17 bits per heavy atom. The van der Waals surface area contributed by atoms with Gasteiger partial charge in [-0.1, -0.05) is 42.5 Å². The number of allylic oxidation sites excluding steroid dienone is 3. The molecule has 190 valence electrons. The van der Waals surface area contributed by atoms with Gasteiger partial charge in [0.2, 0.25) is 5.91 Å². The minimum Gasteiger partial charge on any atom is -0.370 e. The van der Waals surface area contributed by atoms with Crippen molar-refractivity contribution in [2.75, 3.05) is 26.2 Å². The number of amides is 1. The van der Waals surface area contributed by atoms with Gasteiger partial charge < -0.3 is 15.2 Å². The number of benzene rings is 1. The number of halogens is 1. The predicted octanol–water partition coefficient (Wildman–Crippen LogP) is 5.44. The van der Waals surface area contributed by atoms with E-state index in [-0.39, 0.29) is 5.91 Å². The zero-order chi connectivity index (χ0) is 24.9. The number of carbonyl (C=O) groups is 1. The van der Waals surface area contributed by atoms with E-state index in [1.165, 1.54) is 17.9 Å². The minimum atomic E-state index is 0.0545. The van der Waals surface area contributed by atoms with E-state index in [9.17, 15) is 4.79 Å². The molecular weight excluding hydrogens is 470 g/mol. The maximum Gasteiger partial charge on any atom is 0.245 e. The third-order valence-electron chi connectivity index (χ3n) is 7.73. The number of nitrogens with zero attached hydrogens (tertiary/aromatic N) is 3. The van der Waals surface area contributed by atoms with Crippen LogP contribution in [0.5, 0.6) is 0 Å². The molecule has 0 saturated carbocycles. The number of aromatic amines is 1. The maximum atomic E-state index is 11.9. The van der Waals surface area contributed by atoms with E-state index in [1.807, 2.05) is 23.4 Å². The molecule has 3 aliphatic rings. The number of fused-ring (bicyclic) bond motifs is 1. The van der Waals surface area contributed by atoms with Gasteiger partial charge >= 0.3 is 0 Å². The number of likely N-dealkylation sites (tertiary alicyclic amines) is 2. The molecule has 6 nitrogen and oxygen atoms in total. The number of para-hydroxylation sites is 1. The molecule has 5 rings (SSSR count). The number of H-pyrrole nitrogens is 1. The summed E-state index contributed by atoms with van der Waals surface area (Å²) in [5.74, 6) is 1.08. The zero-order valence-electron chi connectivity index (χ0n) is 20.9. The quantitative estimate of drug-likeness (QED) is 0.543. The van der Waals surface area contributed by atoms with Crippen molar-refractivity contribution in [3.05, 3.63) is 66.0 Å². The van der Waals surface area contributed by atoms with Gasteiger partial charge in [0, 0.05) is 72.6 Å². The highest BCUT2D eigenvalue weighted by molar-refractivity contribution is 6.37. The fraction of sp³-hybridized carbons (Fsp3) is 0.448. The number of hydrogen-bond acceptors (Lipinski definition) is 4. The molecule has 4 heterocycles. The highest BCUT2D eigenvalue weighted by Crippen LogP contribution is 2.33. The molecule has 1 aromatic heterocycles. The van der Waals surface area contributed by atoms with Gasteiger partial charge in [-0.2, -0.15) is 0 Å². The number of carbonyl (C=O) groups excluding carboxylic acids is 1. The Balaban J connectivity index is 1.23. The molecule has 1 aromatic carbocycles. The number of rotatable bonds is 4. The Labute approximate surface area is 218 Å². The lowest BCUT2D eigenvalue weighted by atomic mass is 9.97. The lowest BCUT2D eigenvalue weighted by Gasteiger charge is -2.42. The number of nitrogens with one attached hydrogen (secondary N) is 2. The van der Waals surface area contributed by atoms with E-state index < -0.39 is 0 Å². The molecule has 36 heavy (non-hydrogen) atoms. The van der Waals surface area contributed by atoms with E-state index in [0.717, 1.165) is 87.2 Å². The van der Waals surface area contributed by atoms with Crippen LogP contribution in [0.15, 0.2) is 65.4 Å². The normalized spacial score (nSPS) is 27.0. The molecular formula is C29H36ClN5O. The van der Waals surface area contributed by atoms with E-state index in [4.69, 9.17) is 16.6 Å². The van der Waals surface area contributed by atoms with Crippen LogP contribution in [0.4, 0.5) is 0 Å².